The molecule has 1 fully saturated rings. The Kier molecular flexibility index (Phi) is 9.34. The number of carbonyl (C=O) groups excluding carboxylic acids is 1. The third kappa shape index (κ3) is 6.55. The second-order valence-electron chi connectivity index (χ2n) is 10.4. The average molecular weight is 585 g/mol. The van der Waals surface area contributed by atoms with Gasteiger partial charge in [-0.05, 0) is 70.8 Å². The number of pyridine rings is 1. The Labute approximate surface area is 250 Å². The highest BCUT2D eigenvalue weighted by Gasteiger charge is 2.25. The van der Waals surface area contributed by atoms with Gasteiger partial charge in [-0.15, -0.1) is 0 Å². The molecule has 7 nitrogen and oxygen atoms in total. The highest BCUT2D eigenvalue weighted by molar-refractivity contribution is 6.31. The van der Waals surface area contributed by atoms with E-state index in [0.29, 0.717) is 29.7 Å². The third-order valence-electron chi connectivity index (χ3n) is 7.95. The molecule has 1 aliphatic heterocycles. The Bertz CT molecular complexity index is 1570. The van der Waals surface area contributed by atoms with Crippen molar-refractivity contribution in [1.82, 2.24) is 9.88 Å². The van der Waals surface area contributed by atoms with Crippen molar-refractivity contribution in [3.05, 3.63) is 119 Å². The van der Waals surface area contributed by atoms with Crippen molar-refractivity contribution in [3.63, 3.8) is 0 Å². The van der Waals surface area contributed by atoms with Gasteiger partial charge in [-0.1, -0.05) is 72.3 Å². The van der Waals surface area contributed by atoms with E-state index in [-0.39, 0.29) is 5.92 Å². The smallest absolute Gasteiger partial charge is 0.321 e. The number of benzene rings is 3. The summed E-state index contributed by atoms with van der Waals surface area (Å²) in [6.07, 6.45) is 5.55. The summed E-state index contributed by atoms with van der Waals surface area (Å²) in [5, 5.41) is 10.1. The summed E-state index contributed by atoms with van der Waals surface area (Å²) in [4.78, 5) is 18.4. The number of aromatic nitrogens is 1. The fraction of sp³-hybridized carbons (Fsp3) is 0.242. The average Bonchev–Trinajstić information content (AvgIpc) is 3.05. The van der Waals surface area contributed by atoms with Crippen LogP contribution in [0.3, 0.4) is 0 Å². The van der Waals surface area contributed by atoms with Crippen molar-refractivity contribution in [3.8, 4) is 11.1 Å². The quantitative estimate of drug-likeness (QED) is 0.0705. The summed E-state index contributed by atoms with van der Waals surface area (Å²) < 4.78 is 14.3. The fourth-order valence-corrected chi connectivity index (χ4v) is 5.88. The number of hydrogen-bond acceptors (Lipinski definition) is 3. The molecule has 0 saturated carbocycles. The molecular formula is C33H34ClFN6O+2. The number of hydrogen-bond donors (Lipinski definition) is 2. The first-order valence-corrected chi connectivity index (χ1v) is 14.4. The van der Waals surface area contributed by atoms with Crippen LogP contribution in [0.25, 0.3) is 11.1 Å². The lowest BCUT2D eigenvalue weighted by Gasteiger charge is -2.32. The first-order valence-electron chi connectivity index (χ1n) is 14.0. The second-order valence-corrected chi connectivity index (χ2v) is 10.9. The van der Waals surface area contributed by atoms with Crippen molar-refractivity contribution in [2.45, 2.75) is 31.1 Å². The lowest BCUT2D eigenvalue weighted by atomic mass is 9.84. The van der Waals surface area contributed by atoms with Crippen LogP contribution in [0.15, 0.2) is 96.3 Å². The normalized spacial score (nSPS) is 14.9. The highest BCUT2D eigenvalue weighted by atomic mass is 35.5. The van der Waals surface area contributed by atoms with Gasteiger partial charge in [0.05, 0.1) is 0 Å². The van der Waals surface area contributed by atoms with E-state index >= 15 is 0 Å². The number of nitrogens with two attached hydrogens (primary N) is 2. The van der Waals surface area contributed by atoms with Gasteiger partial charge in [0.25, 0.3) is 5.91 Å². The second kappa shape index (κ2) is 13.5. The maximum Gasteiger partial charge on any atom is 0.321 e. The largest absolute Gasteiger partial charge is 0.340 e. The molecule has 0 unspecified atom stereocenters. The van der Waals surface area contributed by atoms with Crippen LogP contribution in [0.1, 0.15) is 47.1 Å². The minimum Gasteiger partial charge on any atom is -0.340 e. The third-order valence-corrected chi connectivity index (χ3v) is 8.19. The number of amides is 1. The van der Waals surface area contributed by atoms with Crippen LogP contribution in [-0.4, -0.2) is 46.6 Å². The molecule has 1 aromatic heterocycles. The Morgan fingerprint density at radius 3 is 2.55 bits per heavy atom. The molecule has 42 heavy (non-hydrogen) atoms. The van der Waals surface area contributed by atoms with E-state index in [2.05, 4.69) is 59.8 Å². The van der Waals surface area contributed by atoms with E-state index < -0.39 is 12.6 Å². The van der Waals surface area contributed by atoms with Crippen molar-refractivity contribution in [1.29, 1.82) is 0 Å². The number of alkyl halides is 1. The lowest BCUT2D eigenvalue weighted by Crippen LogP contribution is -2.38. The zero-order valence-electron chi connectivity index (χ0n) is 23.2. The predicted molar refractivity (Wildman–Crippen MR) is 162 cm³/mol. The fourth-order valence-electron chi connectivity index (χ4n) is 5.71. The summed E-state index contributed by atoms with van der Waals surface area (Å²) in [6, 6.07) is 28.6. The summed E-state index contributed by atoms with van der Waals surface area (Å²) in [5.41, 5.74) is 6.91. The number of carbonyl (C=O) groups is 1. The predicted octanol–water partition coefficient (Wildman–Crippen LogP) is 5.21. The molecule has 1 aliphatic rings. The molecule has 1 saturated heterocycles. The molecule has 9 heteroatoms. The number of piperidine rings is 1. The van der Waals surface area contributed by atoms with Crippen LogP contribution >= 0.6 is 11.6 Å². The molecule has 0 radical (unpaired) electrons. The molecule has 1 atom stereocenters. The van der Waals surface area contributed by atoms with Crippen LogP contribution in [-0.2, 0) is 11.2 Å². The molecule has 1 amide bonds. The van der Waals surface area contributed by atoms with Crippen LogP contribution in [0.4, 0.5) is 10.1 Å². The topological polar surface area (TPSA) is 100 Å². The molecule has 2 heterocycles. The van der Waals surface area contributed by atoms with Gasteiger partial charge >= 0.3 is 6.34 Å². The minimum absolute atomic E-state index is 0.0151. The van der Waals surface area contributed by atoms with E-state index in [1.165, 1.54) is 27.7 Å². The molecule has 0 aliphatic carbocycles. The summed E-state index contributed by atoms with van der Waals surface area (Å²) >= 11 is 6.34. The number of nitrogens with zero attached hydrogens (tertiary/aromatic N) is 4. The van der Waals surface area contributed by atoms with Gasteiger partial charge in [-0.3, -0.25) is 15.2 Å². The first kappa shape index (κ1) is 29.1. The van der Waals surface area contributed by atoms with Crippen LogP contribution in [0.2, 0.25) is 5.02 Å². The molecular weight excluding hydrogens is 551 g/mol. The van der Waals surface area contributed by atoms with E-state index in [1.807, 2.05) is 30.5 Å². The summed E-state index contributed by atoms with van der Waals surface area (Å²) in [6.45, 7) is 0.227. The van der Waals surface area contributed by atoms with Crippen molar-refractivity contribution < 1.29 is 19.3 Å². The van der Waals surface area contributed by atoms with E-state index in [1.54, 1.807) is 11.0 Å². The zero-order valence-corrected chi connectivity index (χ0v) is 24.0. The van der Waals surface area contributed by atoms with Gasteiger partial charge in [-0.2, -0.15) is 5.84 Å². The SMILES string of the molecule is NN=[N+](C=[NH2+])c1ccc(Cl)cc1-c1ccc([C@@H](Cc2ccccc2)c2cccc(C3CCN(C(=O)CF)CC3)c2)nc1. The Balaban J connectivity index is 1.47. The molecule has 214 valence electrons. The van der Waals surface area contributed by atoms with E-state index in [4.69, 9.17) is 27.8 Å². The number of rotatable bonds is 9. The lowest BCUT2D eigenvalue weighted by molar-refractivity contribution is -0.419. The maximum absolute atomic E-state index is 12.9. The highest BCUT2D eigenvalue weighted by Crippen LogP contribution is 2.36. The van der Waals surface area contributed by atoms with Gasteiger partial charge in [-0.25, -0.2) is 4.39 Å². The van der Waals surface area contributed by atoms with Crippen molar-refractivity contribution >= 4 is 29.5 Å². The Morgan fingerprint density at radius 1 is 1.10 bits per heavy atom. The zero-order chi connectivity index (χ0) is 29.5. The first-order chi connectivity index (χ1) is 20.5. The van der Waals surface area contributed by atoms with Crippen LogP contribution in [0.5, 0.6) is 0 Å². The summed E-state index contributed by atoms with van der Waals surface area (Å²) in [5.74, 6) is 5.47. The van der Waals surface area contributed by atoms with Gasteiger partial charge in [0.15, 0.2) is 12.4 Å². The Hall–Kier alpha value is -4.43. The van der Waals surface area contributed by atoms with E-state index in [9.17, 15) is 9.18 Å². The van der Waals surface area contributed by atoms with Gasteiger partial charge in [0.1, 0.15) is 5.22 Å². The molecule has 5 rings (SSSR count). The number of likely N-dealkylation sites (tertiary alicyclic amines) is 1. The molecule has 4 aromatic rings. The van der Waals surface area contributed by atoms with Crippen molar-refractivity contribution in [2.24, 2.45) is 11.1 Å². The minimum atomic E-state index is -0.933. The van der Waals surface area contributed by atoms with Crippen LogP contribution in [0, 0.1) is 0 Å². The number of halogens is 2. The maximum atomic E-state index is 12.9. The Morgan fingerprint density at radius 2 is 1.88 bits per heavy atom. The van der Waals surface area contributed by atoms with Crippen molar-refractivity contribution in [2.75, 3.05) is 19.8 Å². The van der Waals surface area contributed by atoms with Gasteiger partial charge < -0.3 is 4.90 Å². The van der Waals surface area contributed by atoms with E-state index in [0.717, 1.165) is 36.1 Å². The molecule has 0 bridgehead atoms. The summed E-state index contributed by atoms with van der Waals surface area (Å²) in [7, 11) is 0. The standard InChI is InChI=1S/C33H32ClFN6O/c34-28-10-12-32(41(22-36)39-37)30(19-28)27-9-11-31(38-21-27)29(17-23-5-2-1-3-6-23)26-8-4-7-25(18-26)24-13-15-40(16-14-24)33(42)20-35/h1-12,18-19,21-22,24,29,36-37H,13-17,20H2/p+2/t29-/m0/s1. The van der Waals surface area contributed by atoms with Gasteiger partial charge in [0.2, 0.25) is 0 Å². The molecule has 0 spiro atoms. The molecule has 3 aromatic carbocycles. The monoisotopic (exact) mass is 584 g/mol. The van der Waals surface area contributed by atoms with Crippen LogP contribution < -0.4 is 11.3 Å². The molecule has 4 N–H and O–H groups in total. The van der Waals surface area contributed by atoms with Gasteiger partial charge in [0, 0.05) is 47.0 Å².